The molecule has 0 aliphatic heterocycles. The van der Waals surface area contributed by atoms with Crippen molar-refractivity contribution in [1.29, 1.82) is 0 Å². The lowest BCUT2D eigenvalue weighted by molar-refractivity contribution is -0.119. The Bertz CT molecular complexity index is 1040. The van der Waals surface area contributed by atoms with Gasteiger partial charge in [0.05, 0.1) is 22.7 Å². The number of fused-ring (bicyclic) bond motifs is 1. The van der Waals surface area contributed by atoms with Gasteiger partial charge in [0.25, 0.3) is 5.56 Å². The van der Waals surface area contributed by atoms with Gasteiger partial charge in [0.15, 0.2) is 5.16 Å². The van der Waals surface area contributed by atoms with Crippen LogP contribution in [0.4, 0.5) is 0 Å². The lowest BCUT2D eigenvalue weighted by Crippen LogP contribution is -2.31. The fourth-order valence-electron chi connectivity index (χ4n) is 3.45. The minimum absolute atomic E-state index is 0.0317. The van der Waals surface area contributed by atoms with Gasteiger partial charge >= 0.3 is 0 Å². The standard InChI is InChI=1S/C22H23N3O2S/c1-2-25-21(27)17-10-6-7-11-18(17)23-22(25)28-14-19(26)24-20(16-12-13-16)15-8-4-3-5-9-15/h3-11,16,20H,2,12-14H2,1H3,(H,24,26). The molecule has 1 aromatic heterocycles. The van der Waals surface area contributed by atoms with Crippen LogP contribution >= 0.6 is 11.8 Å². The molecule has 4 rings (SSSR count). The Labute approximate surface area is 168 Å². The van der Waals surface area contributed by atoms with E-state index < -0.39 is 0 Å². The number of carbonyl (C=O) groups is 1. The van der Waals surface area contributed by atoms with Crippen LogP contribution in [0.5, 0.6) is 0 Å². The maximum Gasteiger partial charge on any atom is 0.262 e. The van der Waals surface area contributed by atoms with Gasteiger partial charge in [-0.15, -0.1) is 0 Å². The fourth-order valence-corrected chi connectivity index (χ4v) is 4.32. The Morgan fingerprint density at radius 1 is 1.18 bits per heavy atom. The molecule has 1 saturated carbocycles. The van der Waals surface area contributed by atoms with E-state index in [2.05, 4.69) is 22.4 Å². The number of hydrogen-bond acceptors (Lipinski definition) is 4. The zero-order valence-corrected chi connectivity index (χ0v) is 16.6. The van der Waals surface area contributed by atoms with E-state index in [1.807, 2.05) is 43.3 Å². The van der Waals surface area contributed by atoms with Crippen molar-refractivity contribution in [3.05, 3.63) is 70.5 Å². The lowest BCUT2D eigenvalue weighted by Gasteiger charge is -2.19. The Hall–Kier alpha value is -2.60. The highest BCUT2D eigenvalue weighted by atomic mass is 32.2. The lowest BCUT2D eigenvalue weighted by atomic mass is 10.0. The van der Waals surface area contributed by atoms with Gasteiger partial charge < -0.3 is 5.32 Å². The summed E-state index contributed by atoms with van der Waals surface area (Å²) in [5.41, 5.74) is 1.76. The van der Waals surface area contributed by atoms with Crippen LogP contribution in [0, 0.1) is 5.92 Å². The maximum atomic E-state index is 12.7. The molecule has 0 radical (unpaired) electrons. The second kappa shape index (κ2) is 8.19. The summed E-state index contributed by atoms with van der Waals surface area (Å²) in [7, 11) is 0. The van der Waals surface area contributed by atoms with E-state index in [1.165, 1.54) is 11.8 Å². The summed E-state index contributed by atoms with van der Waals surface area (Å²) < 4.78 is 1.63. The van der Waals surface area contributed by atoms with Gasteiger partial charge in [-0.2, -0.15) is 0 Å². The van der Waals surface area contributed by atoms with Crippen LogP contribution in [-0.4, -0.2) is 21.2 Å². The van der Waals surface area contributed by atoms with E-state index in [4.69, 9.17) is 0 Å². The topological polar surface area (TPSA) is 64.0 Å². The van der Waals surface area contributed by atoms with Gasteiger partial charge in [0, 0.05) is 6.54 Å². The Balaban J connectivity index is 1.49. The van der Waals surface area contributed by atoms with E-state index in [0.717, 1.165) is 18.4 Å². The van der Waals surface area contributed by atoms with Crippen molar-refractivity contribution < 1.29 is 4.79 Å². The number of nitrogens with one attached hydrogen (secondary N) is 1. The van der Waals surface area contributed by atoms with Gasteiger partial charge in [-0.1, -0.05) is 54.2 Å². The molecular weight excluding hydrogens is 370 g/mol. The summed E-state index contributed by atoms with van der Waals surface area (Å²) >= 11 is 1.32. The number of thioether (sulfide) groups is 1. The average molecular weight is 394 g/mol. The SMILES string of the molecule is CCn1c(SCC(=O)NC(c2ccccc2)C2CC2)nc2ccccc2c1=O. The van der Waals surface area contributed by atoms with Crippen LogP contribution < -0.4 is 10.9 Å². The first-order chi connectivity index (χ1) is 13.7. The second-order valence-corrected chi connectivity index (χ2v) is 7.99. The number of para-hydroxylation sites is 1. The molecule has 0 saturated heterocycles. The van der Waals surface area contributed by atoms with Crippen LogP contribution in [0.25, 0.3) is 10.9 Å². The van der Waals surface area contributed by atoms with Crippen molar-refractivity contribution in [3.63, 3.8) is 0 Å². The normalized spacial score (nSPS) is 14.8. The molecule has 144 valence electrons. The monoisotopic (exact) mass is 393 g/mol. The summed E-state index contributed by atoms with van der Waals surface area (Å²) in [6.07, 6.45) is 2.29. The molecule has 1 aliphatic rings. The first-order valence-corrected chi connectivity index (χ1v) is 10.6. The van der Waals surface area contributed by atoms with Gasteiger partial charge in [0.2, 0.25) is 5.91 Å². The number of rotatable bonds is 7. The van der Waals surface area contributed by atoms with Crippen LogP contribution in [0.1, 0.15) is 31.4 Å². The third-order valence-corrected chi connectivity index (χ3v) is 6.02. The zero-order valence-electron chi connectivity index (χ0n) is 15.8. The van der Waals surface area contributed by atoms with Gasteiger partial charge in [-0.05, 0) is 43.4 Å². The highest BCUT2D eigenvalue weighted by Gasteiger charge is 2.33. The minimum Gasteiger partial charge on any atom is -0.348 e. The molecule has 3 aromatic rings. The van der Waals surface area contributed by atoms with E-state index in [-0.39, 0.29) is 23.3 Å². The largest absolute Gasteiger partial charge is 0.348 e. The van der Waals surface area contributed by atoms with Crippen molar-refractivity contribution in [3.8, 4) is 0 Å². The molecule has 0 spiro atoms. The minimum atomic E-state index is -0.0591. The average Bonchev–Trinajstić information content (AvgIpc) is 3.56. The van der Waals surface area contributed by atoms with Crippen molar-refractivity contribution in [2.24, 2.45) is 5.92 Å². The number of carbonyl (C=O) groups excluding carboxylic acids is 1. The molecule has 1 amide bonds. The highest BCUT2D eigenvalue weighted by molar-refractivity contribution is 7.99. The van der Waals surface area contributed by atoms with E-state index in [1.54, 1.807) is 10.6 Å². The van der Waals surface area contributed by atoms with Crippen molar-refractivity contribution in [2.75, 3.05) is 5.75 Å². The molecule has 6 heteroatoms. The highest BCUT2D eigenvalue weighted by Crippen LogP contribution is 2.41. The second-order valence-electron chi connectivity index (χ2n) is 7.04. The van der Waals surface area contributed by atoms with Crippen LogP contribution in [0.15, 0.2) is 64.5 Å². The van der Waals surface area contributed by atoms with Crippen molar-refractivity contribution in [1.82, 2.24) is 14.9 Å². The number of amides is 1. The molecular formula is C22H23N3O2S. The first-order valence-electron chi connectivity index (χ1n) is 9.64. The maximum absolute atomic E-state index is 12.7. The molecule has 1 N–H and O–H groups in total. The third-order valence-electron chi connectivity index (χ3n) is 5.04. The third kappa shape index (κ3) is 3.97. The quantitative estimate of drug-likeness (QED) is 0.490. The Morgan fingerprint density at radius 2 is 1.89 bits per heavy atom. The van der Waals surface area contributed by atoms with Gasteiger partial charge in [-0.25, -0.2) is 4.98 Å². The van der Waals surface area contributed by atoms with E-state index in [0.29, 0.717) is 28.5 Å². The van der Waals surface area contributed by atoms with Crippen LogP contribution in [-0.2, 0) is 11.3 Å². The summed E-state index contributed by atoms with van der Waals surface area (Å²) in [6, 6.07) is 17.5. The molecule has 1 fully saturated rings. The Kier molecular flexibility index (Phi) is 5.48. The van der Waals surface area contributed by atoms with Gasteiger partial charge in [-0.3, -0.25) is 14.2 Å². The van der Waals surface area contributed by atoms with E-state index >= 15 is 0 Å². The molecule has 1 heterocycles. The Morgan fingerprint density at radius 3 is 2.61 bits per heavy atom. The summed E-state index contributed by atoms with van der Waals surface area (Å²) in [5.74, 6) is 0.723. The molecule has 1 unspecified atom stereocenters. The molecule has 1 aliphatic carbocycles. The number of benzene rings is 2. The smallest absolute Gasteiger partial charge is 0.262 e. The molecule has 28 heavy (non-hydrogen) atoms. The first kappa shape index (κ1) is 18.7. The van der Waals surface area contributed by atoms with Crippen molar-refractivity contribution >= 4 is 28.6 Å². The zero-order chi connectivity index (χ0) is 19.5. The number of aromatic nitrogens is 2. The molecule has 2 aromatic carbocycles. The molecule has 1 atom stereocenters. The summed E-state index contributed by atoms with van der Waals surface area (Å²) in [4.78, 5) is 29.9. The predicted molar refractivity (Wildman–Crippen MR) is 112 cm³/mol. The molecule has 0 bridgehead atoms. The predicted octanol–water partition coefficient (Wildman–Crippen LogP) is 3.78. The van der Waals surface area contributed by atoms with E-state index in [9.17, 15) is 9.59 Å². The van der Waals surface area contributed by atoms with Crippen LogP contribution in [0.3, 0.4) is 0 Å². The van der Waals surface area contributed by atoms with Crippen LogP contribution in [0.2, 0.25) is 0 Å². The van der Waals surface area contributed by atoms with Crippen molar-refractivity contribution in [2.45, 2.75) is 37.5 Å². The van der Waals surface area contributed by atoms with Gasteiger partial charge in [0.1, 0.15) is 0 Å². The summed E-state index contributed by atoms with van der Waals surface area (Å²) in [6.45, 7) is 2.44. The summed E-state index contributed by atoms with van der Waals surface area (Å²) in [5, 5.41) is 4.37. The fraction of sp³-hybridized carbons (Fsp3) is 0.318. The number of nitrogens with zero attached hydrogens (tertiary/aromatic N) is 2. The number of hydrogen-bond donors (Lipinski definition) is 1. The molecule has 5 nitrogen and oxygen atoms in total.